The average Bonchev–Trinajstić information content (AvgIpc) is 0.898. The summed E-state index contributed by atoms with van der Waals surface area (Å²) in [5.74, 6) is -5.87. The fraction of sp³-hybridized carbons (Fsp3) is 0.115. The maximum absolute atomic E-state index is 14.1. The summed E-state index contributed by atoms with van der Waals surface area (Å²) in [6.07, 6.45) is 0. The predicted molar refractivity (Wildman–Crippen MR) is 308 cm³/mol. The second kappa shape index (κ2) is 23.0. The highest BCUT2D eigenvalue weighted by Crippen LogP contribution is 2.49. The van der Waals surface area contributed by atoms with E-state index in [-0.39, 0.29) is 100 Å². The van der Waals surface area contributed by atoms with Crippen molar-refractivity contribution in [2.75, 3.05) is 25.7 Å². The van der Waals surface area contributed by atoms with Crippen LogP contribution in [0.25, 0.3) is 21.5 Å². The van der Waals surface area contributed by atoms with Crippen LogP contribution in [-0.2, 0) is 76.2 Å². The largest absolute Gasteiger partial charge is 0.505 e. The standard InChI is InChI=1S/C52H42N10O19S5/c1-25-4-6-27(23-83(70,71)72)41(16-25)59-57-39-13-11-37(53)45-35(39)18-28(24-84(73,74)75)47(51(45)65)61-55-29-7-9-31-33(19-29)49(63)32-10-8-30(20-34(32)50(31)64)56-62-48-44(86(78,79)81-3)21-36-40(14-12-38(54)46(36)52(48)66)58-60-42-17-26(22-82(67,68)69)5-15-43(42)85(76,77)80-2/h4-21,65-66H,22-24,53-54H2,1-3H3,(H,67,68,69)(H,70,71,72)(H,73,74,75). The molecule has 0 radical (unpaired) electrons. The minimum atomic E-state index is -4.85. The summed E-state index contributed by atoms with van der Waals surface area (Å²) in [5, 5.41) is 55.5. The van der Waals surface area contributed by atoms with Gasteiger partial charge in [-0.05, 0) is 115 Å². The number of phenols is 2. The Morgan fingerprint density at radius 2 is 0.895 bits per heavy atom. The maximum Gasteiger partial charge on any atom is 0.299 e. The molecule has 8 aromatic carbocycles. The molecule has 1 aliphatic carbocycles. The first-order valence-electron chi connectivity index (χ1n) is 24.1. The summed E-state index contributed by atoms with van der Waals surface area (Å²) in [4.78, 5) is 26.8. The van der Waals surface area contributed by atoms with Gasteiger partial charge in [0.2, 0.25) is 0 Å². The number of nitrogens with zero attached hydrogens (tertiary/aromatic N) is 8. The Labute approximate surface area is 487 Å². The second-order valence-corrected chi connectivity index (χ2v) is 26.5. The second-order valence-electron chi connectivity index (χ2n) is 18.8. The molecule has 0 fully saturated rings. The van der Waals surface area contributed by atoms with Crippen LogP contribution >= 0.6 is 0 Å². The lowest BCUT2D eigenvalue weighted by molar-refractivity contribution is 0.0979. The molecule has 34 heteroatoms. The number of hydrogen-bond donors (Lipinski definition) is 7. The highest BCUT2D eigenvalue weighted by molar-refractivity contribution is 7.87. The minimum Gasteiger partial charge on any atom is -0.505 e. The molecule has 0 bridgehead atoms. The van der Waals surface area contributed by atoms with Crippen molar-refractivity contribution >= 4 is 141 Å². The fourth-order valence-corrected chi connectivity index (χ4v) is 12.4. The molecule has 0 saturated heterocycles. The van der Waals surface area contributed by atoms with Crippen molar-refractivity contribution in [3.05, 3.63) is 154 Å². The molecule has 1 aliphatic rings. The van der Waals surface area contributed by atoms with Crippen molar-refractivity contribution in [2.45, 2.75) is 34.0 Å². The summed E-state index contributed by atoms with van der Waals surface area (Å²) in [7, 11) is -21.6. The van der Waals surface area contributed by atoms with E-state index < -0.39 is 118 Å². The van der Waals surface area contributed by atoms with Gasteiger partial charge in [0, 0.05) is 50.0 Å². The van der Waals surface area contributed by atoms with Gasteiger partial charge in [0.25, 0.3) is 50.6 Å². The van der Waals surface area contributed by atoms with E-state index in [4.69, 9.17) is 15.7 Å². The molecular weight excluding hydrogens is 1230 g/mol. The number of carbonyl (C=O) groups excluding carboxylic acids is 2. The van der Waals surface area contributed by atoms with Crippen LogP contribution in [0.3, 0.4) is 0 Å². The number of fused-ring (bicyclic) bond motifs is 4. The van der Waals surface area contributed by atoms with Crippen LogP contribution < -0.4 is 11.5 Å². The minimum absolute atomic E-state index is 0.00980. The van der Waals surface area contributed by atoms with Crippen molar-refractivity contribution in [1.82, 2.24) is 0 Å². The van der Waals surface area contributed by atoms with Crippen LogP contribution in [0.1, 0.15) is 54.1 Å². The first-order valence-corrected chi connectivity index (χ1v) is 31.8. The summed E-state index contributed by atoms with van der Waals surface area (Å²) in [5.41, 5.74) is 9.93. The van der Waals surface area contributed by atoms with Gasteiger partial charge in [0.15, 0.2) is 23.1 Å². The van der Waals surface area contributed by atoms with E-state index in [1.807, 2.05) is 0 Å². The molecule has 86 heavy (non-hydrogen) atoms. The number of rotatable bonds is 18. The van der Waals surface area contributed by atoms with Crippen molar-refractivity contribution in [1.29, 1.82) is 0 Å². The number of azo groups is 4. The SMILES string of the molecule is COS(=O)(=O)c1ccc(CS(=O)(=O)O)cc1N=Nc1ccc(N)c2c(O)c(N=Nc3ccc4c(c3)C(=O)c3ccc(N=Nc5c(CS(=O)(=O)O)cc6c(N=Nc7cc(C)ccc7CS(=O)(=O)O)ccc(N)c6c5O)cc3C4=O)c(S(=O)(=O)OC)cc12. The molecule has 0 saturated carbocycles. The van der Waals surface area contributed by atoms with Crippen molar-refractivity contribution in [2.24, 2.45) is 40.9 Å². The number of benzene rings is 8. The van der Waals surface area contributed by atoms with Crippen LogP contribution in [-0.4, -0.2) is 91.7 Å². The maximum atomic E-state index is 14.1. The van der Waals surface area contributed by atoms with E-state index in [2.05, 4.69) is 45.1 Å². The van der Waals surface area contributed by atoms with E-state index >= 15 is 0 Å². The Hall–Kier alpha value is -9.23. The van der Waals surface area contributed by atoms with Gasteiger partial charge in [-0.25, -0.2) is 0 Å². The lowest BCUT2D eigenvalue weighted by Crippen LogP contribution is -2.20. The lowest BCUT2D eigenvalue weighted by Gasteiger charge is -2.18. The fourth-order valence-electron chi connectivity index (χ4n) is 9.00. The average molecular weight is 1270 g/mol. The van der Waals surface area contributed by atoms with Gasteiger partial charge in [-0.2, -0.15) is 57.4 Å². The molecule has 9 rings (SSSR count). The molecule has 9 N–H and O–H groups in total. The summed E-state index contributed by atoms with van der Waals surface area (Å²) in [6.45, 7) is 1.70. The van der Waals surface area contributed by atoms with Crippen molar-refractivity contribution in [3.63, 3.8) is 0 Å². The third-order valence-corrected chi connectivity index (χ3v) is 17.5. The molecule has 0 aliphatic heterocycles. The normalized spacial score (nSPS) is 13.5. The van der Waals surface area contributed by atoms with Gasteiger partial charge in [0.05, 0.1) is 53.4 Å². The van der Waals surface area contributed by atoms with Gasteiger partial charge < -0.3 is 21.7 Å². The van der Waals surface area contributed by atoms with E-state index in [0.717, 1.165) is 44.6 Å². The molecule has 29 nitrogen and oxygen atoms in total. The van der Waals surface area contributed by atoms with Crippen LogP contribution in [0.5, 0.6) is 11.5 Å². The summed E-state index contributed by atoms with van der Waals surface area (Å²) >= 11 is 0. The first kappa shape index (κ1) is 61.3. The molecule has 0 aromatic heterocycles. The van der Waals surface area contributed by atoms with Crippen LogP contribution in [0.2, 0.25) is 0 Å². The monoisotopic (exact) mass is 1270 g/mol. The number of phenolic OH excluding ortho intramolecular Hbond substituents is 2. The zero-order chi connectivity index (χ0) is 62.6. The zero-order valence-corrected chi connectivity index (χ0v) is 48.3. The van der Waals surface area contributed by atoms with E-state index in [1.54, 1.807) is 13.0 Å². The Morgan fingerprint density at radius 3 is 1.42 bits per heavy atom. The number of hydrogen-bond acceptors (Lipinski definition) is 26. The molecular formula is C52H42N10O19S5. The third kappa shape index (κ3) is 12.9. The highest BCUT2D eigenvalue weighted by Gasteiger charge is 2.32. The Balaban J connectivity index is 1.04. The lowest BCUT2D eigenvalue weighted by atomic mass is 9.83. The molecule has 0 unspecified atom stereocenters. The van der Waals surface area contributed by atoms with E-state index in [9.17, 15) is 75.5 Å². The van der Waals surface area contributed by atoms with Crippen molar-refractivity contribution < 1.29 is 83.9 Å². The molecule has 0 heterocycles. The third-order valence-electron chi connectivity index (χ3n) is 12.9. The molecule has 0 amide bonds. The van der Waals surface area contributed by atoms with Gasteiger partial charge in [0.1, 0.15) is 44.1 Å². The first-order chi connectivity index (χ1) is 40.3. The van der Waals surface area contributed by atoms with Gasteiger partial charge in [-0.3, -0.25) is 31.6 Å². The highest BCUT2D eigenvalue weighted by atomic mass is 32.2. The van der Waals surface area contributed by atoms with Crippen LogP contribution in [0.15, 0.2) is 160 Å². The number of anilines is 2. The smallest absolute Gasteiger partial charge is 0.299 e. The number of aryl methyl sites for hydroxylation is 1. The van der Waals surface area contributed by atoms with Gasteiger partial charge >= 0.3 is 0 Å². The van der Waals surface area contributed by atoms with E-state index in [0.29, 0.717) is 5.56 Å². The molecule has 444 valence electrons. The Bertz CT molecular complexity index is 5000. The number of nitrogens with two attached hydrogens (primary N) is 2. The van der Waals surface area contributed by atoms with E-state index in [1.165, 1.54) is 72.8 Å². The number of carbonyl (C=O) groups is 2. The molecule has 0 atom stereocenters. The quantitative estimate of drug-likeness (QED) is 0.0182. The Kier molecular flexibility index (Phi) is 16.4. The Morgan fingerprint density at radius 1 is 0.430 bits per heavy atom. The summed E-state index contributed by atoms with van der Waals surface area (Å²) < 4.78 is 162. The zero-order valence-electron chi connectivity index (χ0n) is 44.2. The predicted octanol–water partition coefficient (Wildman–Crippen LogP) is 10.1. The topological polar surface area (TPSA) is 475 Å². The van der Waals surface area contributed by atoms with Gasteiger partial charge in [-0.15, -0.1) is 25.6 Å². The molecule has 8 aromatic rings. The summed E-state index contributed by atoms with van der Waals surface area (Å²) in [6, 6.07) is 22.2. The molecule has 0 spiro atoms. The van der Waals surface area contributed by atoms with Gasteiger partial charge in [-0.1, -0.05) is 18.2 Å². The van der Waals surface area contributed by atoms with Crippen LogP contribution in [0.4, 0.5) is 56.9 Å². The van der Waals surface area contributed by atoms with Crippen molar-refractivity contribution in [3.8, 4) is 11.5 Å². The van der Waals surface area contributed by atoms with Crippen LogP contribution in [0, 0.1) is 6.92 Å². The number of nitrogen functional groups attached to an aromatic ring is 2. The number of ketones is 2. The number of aromatic hydroxyl groups is 2.